The van der Waals surface area contributed by atoms with Crippen LogP contribution in [0.4, 0.5) is 0 Å². The van der Waals surface area contributed by atoms with Crippen LogP contribution in [0, 0.1) is 0 Å². The number of aryl methyl sites for hydroxylation is 3. The molecule has 0 radical (unpaired) electrons. The van der Waals surface area contributed by atoms with E-state index in [2.05, 4.69) is 36.4 Å². The monoisotopic (exact) mass is 1440 g/mol. The number of carboxylic acid groups (broad SMARTS) is 3. The molecule has 12 aromatic carbocycles. The van der Waals surface area contributed by atoms with Gasteiger partial charge in [-0.15, -0.1) is 35.3 Å². The van der Waals surface area contributed by atoms with E-state index < -0.39 is 47.4 Å². The maximum absolute atomic E-state index is 13.4. The largest absolute Gasteiger partial charge is 0.478 e. The van der Waals surface area contributed by atoms with Crippen molar-refractivity contribution in [1.29, 1.82) is 0 Å². The highest BCUT2D eigenvalue weighted by Gasteiger charge is 2.25. The van der Waals surface area contributed by atoms with Crippen molar-refractivity contribution in [3.8, 4) is 22.3 Å². The maximum atomic E-state index is 13.4. The molecule has 100 heavy (non-hydrogen) atoms. The van der Waals surface area contributed by atoms with E-state index in [4.69, 9.17) is 0 Å². The van der Waals surface area contributed by atoms with Gasteiger partial charge in [0.15, 0.2) is 29.5 Å². The SMILES string of the molecule is O=C(O)c1cc(SCCc2ccccc2)ccc1CS(=O)(=O)c1ccc(-c2ccccc2)cc1.O=C(O)c1cc(SCCc2ccccc2)ccc1CS(=O)(=O)c1ccc2ccccc2c1.O=C(O)c1cc(SCCc2ccccc2)ccc1CS(=O)(=O)c1ccccc1-c1ccccc1. The Kier molecular flexibility index (Phi) is 25.4. The lowest BCUT2D eigenvalue weighted by atomic mass is 10.1. The molecule has 0 atom stereocenters. The average molecular weight is 1440 g/mol. The van der Waals surface area contributed by atoms with E-state index in [1.807, 2.05) is 140 Å². The predicted octanol–water partition coefficient (Wildman–Crippen LogP) is 18.6. The van der Waals surface area contributed by atoms with Gasteiger partial charge < -0.3 is 15.3 Å². The van der Waals surface area contributed by atoms with Gasteiger partial charge >= 0.3 is 17.9 Å². The fourth-order valence-corrected chi connectivity index (χ4v) is 18.2. The van der Waals surface area contributed by atoms with Crippen LogP contribution < -0.4 is 0 Å². The second kappa shape index (κ2) is 34.8. The average Bonchev–Trinajstić information content (AvgIpc) is 0.895. The zero-order chi connectivity index (χ0) is 70.5. The molecule has 0 aliphatic heterocycles. The summed E-state index contributed by atoms with van der Waals surface area (Å²) in [5, 5.41) is 31.0. The van der Waals surface area contributed by atoms with Gasteiger partial charge in [-0.25, -0.2) is 39.6 Å². The molecule has 12 nitrogen and oxygen atoms in total. The third-order valence-electron chi connectivity index (χ3n) is 16.2. The molecular weight excluding hydrogens is 1370 g/mol. The number of fused-ring (bicyclic) bond motifs is 1. The molecule has 0 amide bonds. The van der Waals surface area contributed by atoms with Crippen LogP contribution in [0.2, 0.25) is 0 Å². The molecule has 0 saturated heterocycles. The van der Waals surface area contributed by atoms with Crippen LogP contribution in [0.5, 0.6) is 0 Å². The number of aromatic carboxylic acids is 3. The van der Waals surface area contributed by atoms with Gasteiger partial charge in [0.05, 0.1) is 48.6 Å². The summed E-state index contributed by atoms with van der Waals surface area (Å²) in [6, 6.07) is 90.3. The van der Waals surface area contributed by atoms with Crippen LogP contribution in [0.15, 0.2) is 327 Å². The van der Waals surface area contributed by atoms with Gasteiger partial charge in [-0.1, -0.05) is 231 Å². The number of hydrogen-bond donors (Lipinski definition) is 3. The van der Waals surface area contributed by atoms with Gasteiger partial charge in [0.25, 0.3) is 0 Å². The van der Waals surface area contributed by atoms with Crippen molar-refractivity contribution < 1.29 is 55.0 Å². The van der Waals surface area contributed by atoms with E-state index in [9.17, 15) is 55.0 Å². The van der Waals surface area contributed by atoms with Crippen LogP contribution in [-0.4, -0.2) is 75.7 Å². The van der Waals surface area contributed by atoms with Gasteiger partial charge in [-0.2, -0.15) is 0 Å². The summed E-state index contributed by atoms with van der Waals surface area (Å²) < 4.78 is 78.9. The number of carboxylic acids is 3. The zero-order valence-corrected chi connectivity index (χ0v) is 59.0. The number of carbonyl (C=O) groups is 3. The van der Waals surface area contributed by atoms with Crippen molar-refractivity contribution >= 4 is 93.5 Å². The Balaban J connectivity index is 0.000000162. The highest BCUT2D eigenvalue weighted by molar-refractivity contribution is 7.99. The van der Waals surface area contributed by atoms with E-state index in [0.717, 1.165) is 78.7 Å². The Morgan fingerprint density at radius 3 is 1.04 bits per heavy atom. The highest BCUT2D eigenvalue weighted by Crippen LogP contribution is 2.34. The smallest absolute Gasteiger partial charge is 0.336 e. The molecule has 18 heteroatoms. The number of hydrogen-bond acceptors (Lipinski definition) is 12. The summed E-state index contributed by atoms with van der Waals surface area (Å²) in [5.74, 6) is -2.09. The number of thioether (sulfide) groups is 3. The first-order valence-corrected chi connectivity index (χ1v) is 39.8. The molecule has 0 saturated carbocycles. The summed E-state index contributed by atoms with van der Waals surface area (Å²) in [4.78, 5) is 38.7. The summed E-state index contributed by atoms with van der Waals surface area (Å²) in [6.45, 7) is 0. The van der Waals surface area contributed by atoms with Crippen LogP contribution in [-0.2, 0) is 66.0 Å². The van der Waals surface area contributed by atoms with Gasteiger partial charge in [0.2, 0.25) is 0 Å². The molecule has 3 N–H and O–H groups in total. The van der Waals surface area contributed by atoms with Crippen molar-refractivity contribution in [3.63, 3.8) is 0 Å². The third kappa shape index (κ3) is 20.4. The predicted molar refractivity (Wildman–Crippen MR) is 403 cm³/mol. The number of sulfone groups is 3. The van der Waals surface area contributed by atoms with Crippen LogP contribution in [0.25, 0.3) is 33.0 Å². The third-order valence-corrected chi connectivity index (χ3v) is 24.2. The highest BCUT2D eigenvalue weighted by atomic mass is 32.2. The van der Waals surface area contributed by atoms with Gasteiger partial charge in [-0.3, -0.25) is 0 Å². The van der Waals surface area contributed by atoms with Crippen LogP contribution in [0.1, 0.15) is 64.5 Å². The fraction of sp³-hybridized carbons (Fsp3) is 0.110. The number of benzene rings is 12. The van der Waals surface area contributed by atoms with Gasteiger partial charge in [-0.05, 0) is 147 Å². The summed E-state index contributed by atoms with van der Waals surface area (Å²) >= 11 is 4.67. The van der Waals surface area contributed by atoms with E-state index in [1.54, 1.807) is 157 Å². The Morgan fingerprint density at radius 1 is 0.290 bits per heavy atom. The Hall–Kier alpha value is -9.79. The first kappa shape index (κ1) is 72.9. The first-order chi connectivity index (χ1) is 48.3. The molecule has 0 aliphatic rings. The Bertz CT molecular complexity index is 5140. The Morgan fingerprint density at radius 2 is 0.620 bits per heavy atom. The molecule has 0 unspecified atom stereocenters. The molecule has 506 valence electrons. The second-order valence-electron chi connectivity index (χ2n) is 23.2. The van der Waals surface area contributed by atoms with E-state index in [-0.39, 0.29) is 65.3 Å². The minimum absolute atomic E-state index is 0.0190. The van der Waals surface area contributed by atoms with E-state index in [1.165, 1.54) is 16.7 Å². The van der Waals surface area contributed by atoms with Crippen molar-refractivity contribution in [2.24, 2.45) is 0 Å². The molecule has 0 aromatic heterocycles. The molecular formula is C82H70O12S6. The lowest BCUT2D eigenvalue weighted by Gasteiger charge is -2.13. The summed E-state index contributed by atoms with van der Waals surface area (Å²) in [7, 11) is -11.2. The lowest BCUT2D eigenvalue weighted by molar-refractivity contribution is 0.0684. The summed E-state index contributed by atoms with van der Waals surface area (Å²) in [6.07, 6.45) is 2.59. The molecule has 0 fully saturated rings. The van der Waals surface area contributed by atoms with Crippen LogP contribution in [0.3, 0.4) is 0 Å². The fourth-order valence-electron chi connectivity index (χ4n) is 11.0. The molecule has 12 aromatic rings. The molecule has 12 rings (SSSR count). The number of rotatable bonds is 26. The maximum Gasteiger partial charge on any atom is 0.336 e. The molecule has 0 spiro atoms. The van der Waals surface area contributed by atoms with Crippen molar-refractivity contribution in [1.82, 2.24) is 0 Å². The van der Waals surface area contributed by atoms with Crippen LogP contribution >= 0.6 is 35.3 Å². The van der Waals surface area contributed by atoms with Crippen molar-refractivity contribution in [2.75, 3.05) is 17.3 Å². The van der Waals surface area contributed by atoms with Crippen molar-refractivity contribution in [3.05, 3.63) is 347 Å². The summed E-state index contributed by atoms with van der Waals surface area (Å²) in [5.41, 5.74) is 7.90. The molecule has 0 heterocycles. The zero-order valence-electron chi connectivity index (χ0n) is 54.1. The minimum Gasteiger partial charge on any atom is -0.478 e. The van der Waals surface area contributed by atoms with Gasteiger partial charge in [0, 0.05) is 37.5 Å². The lowest BCUT2D eigenvalue weighted by Crippen LogP contribution is -2.11. The Labute approximate surface area is 596 Å². The van der Waals surface area contributed by atoms with E-state index in [0.29, 0.717) is 5.56 Å². The normalized spacial score (nSPS) is 11.4. The first-order valence-electron chi connectivity index (χ1n) is 31.8. The molecule has 0 aliphatic carbocycles. The topological polar surface area (TPSA) is 214 Å². The quantitative estimate of drug-likeness (QED) is 0.0430. The van der Waals surface area contributed by atoms with Gasteiger partial charge in [0.1, 0.15) is 0 Å². The second-order valence-corrected chi connectivity index (χ2v) is 32.6. The van der Waals surface area contributed by atoms with E-state index >= 15 is 0 Å². The molecule has 0 bridgehead atoms. The standard InChI is InChI=1S/2C28H24O4S2.C26H22O4S2/c29-28(30)26-19-24(33-18-17-21-9-3-1-4-10-21)16-15-23(26)20-34(31,32)27-14-8-7-13-25(27)22-11-5-2-6-12-22;29-28(30)27-19-25(33-18-17-21-7-3-1-4-8-21)14-11-24(27)20-34(31,32)26-15-12-23(13-16-26)22-9-5-2-6-10-22;27-26(28)25-17-23(31-15-14-19-6-2-1-3-7-19)12-10-22(25)18-32(29,30)24-13-11-20-8-4-5-9-21(20)16-24/h2*1-16,19H,17-18,20H2,(H,29,30);1-13,16-17H,14-15,18H2,(H,27,28). The van der Waals surface area contributed by atoms with Crippen molar-refractivity contribution in [2.45, 2.75) is 65.9 Å². The minimum atomic E-state index is -3.78.